The zero-order valence-electron chi connectivity index (χ0n) is 15.1. The first-order valence-corrected chi connectivity index (χ1v) is 12.1. The van der Waals surface area contributed by atoms with Gasteiger partial charge in [0.05, 0.1) is 0 Å². The van der Waals surface area contributed by atoms with E-state index >= 15 is 0 Å². The van der Waals surface area contributed by atoms with Gasteiger partial charge >= 0.3 is 171 Å². The molecular weight excluding hydrogens is 415 g/mol. The zero-order valence-corrected chi connectivity index (χ0v) is 17.7. The Hall–Kier alpha value is -2.00. The van der Waals surface area contributed by atoms with E-state index in [-0.39, 0.29) is 0 Å². The monoisotopic (exact) mass is 438 g/mol. The Morgan fingerprint density at radius 2 is 1.48 bits per heavy atom. The van der Waals surface area contributed by atoms with E-state index in [1.807, 2.05) is 0 Å². The van der Waals surface area contributed by atoms with E-state index in [9.17, 15) is 0 Å². The summed E-state index contributed by atoms with van der Waals surface area (Å²) in [4.78, 5) is 6.12. The molecule has 2 nitrogen and oxygen atoms in total. The van der Waals surface area contributed by atoms with Gasteiger partial charge in [-0.05, 0) is 0 Å². The first-order chi connectivity index (χ1) is 13.4. The van der Waals surface area contributed by atoms with Gasteiger partial charge in [0.15, 0.2) is 0 Å². The van der Waals surface area contributed by atoms with Crippen LogP contribution < -0.4 is 4.46 Å². The molecule has 0 aliphatic carbocycles. The van der Waals surface area contributed by atoms with Gasteiger partial charge in [0, 0.05) is 0 Å². The third-order valence-corrected chi connectivity index (χ3v) is 7.67. The summed E-state index contributed by atoms with van der Waals surface area (Å²) >= 11 is 2.34. The number of fused-ring (bicyclic) bond motifs is 1. The van der Waals surface area contributed by atoms with Gasteiger partial charge in [-0.1, -0.05) is 0 Å². The molecule has 0 aliphatic rings. The Balaban J connectivity index is 1.42. The number of rotatable bonds is 8. The summed E-state index contributed by atoms with van der Waals surface area (Å²) in [6.45, 7) is 1.03. The second-order valence-electron chi connectivity index (χ2n) is 6.32. The number of hydrogen-bond donors (Lipinski definition) is 0. The van der Waals surface area contributed by atoms with Crippen LogP contribution in [0.1, 0.15) is 12.8 Å². The van der Waals surface area contributed by atoms with Crippen LogP contribution in [0.4, 0.5) is 0 Å². The van der Waals surface area contributed by atoms with E-state index in [1.54, 1.807) is 11.8 Å². The Morgan fingerprint density at radius 3 is 2.30 bits per heavy atom. The summed E-state index contributed by atoms with van der Waals surface area (Å²) in [6, 6.07) is 29.9. The van der Waals surface area contributed by atoms with E-state index < -0.39 is 0 Å². The molecule has 0 aliphatic heterocycles. The topological polar surface area (TPSA) is 17.8 Å². The summed E-state index contributed by atoms with van der Waals surface area (Å²) < 4.78 is 3.89. The van der Waals surface area contributed by atoms with Gasteiger partial charge in [-0.2, -0.15) is 0 Å². The van der Waals surface area contributed by atoms with Crippen molar-refractivity contribution in [2.24, 2.45) is 0 Å². The summed E-state index contributed by atoms with van der Waals surface area (Å²) in [7, 11) is 0. The Labute approximate surface area is 171 Å². The van der Waals surface area contributed by atoms with E-state index in [4.69, 9.17) is 4.98 Å². The molecule has 0 atom stereocenters. The fourth-order valence-electron chi connectivity index (χ4n) is 3.02. The van der Waals surface area contributed by atoms with Crippen molar-refractivity contribution in [3.8, 4) is 0 Å². The van der Waals surface area contributed by atoms with Crippen LogP contribution in [0.25, 0.3) is 11.0 Å². The molecule has 0 saturated carbocycles. The first-order valence-electron chi connectivity index (χ1n) is 9.26. The molecule has 4 heteroatoms. The maximum atomic E-state index is 4.88. The number of hydrogen-bond acceptors (Lipinski definition) is 2. The van der Waals surface area contributed by atoms with Crippen LogP contribution in [0.5, 0.6) is 0 Å². The summed E-state index contributed by atoms with van der Waals surface area (Å²) in [6.07, 6.45) is 2.45. The van der Waals surface area contributed by atoms with E-state index in [1.165, 1.54) is 33.0 Å². The molecule has 0 N–H and O–H groups in total. The molecule has 1 heterocycles. The fourth-order valence-corrected chi connectivity index (χ4v) is 5.93. The molecule has 0 amide bonds. The predicted octanol–water partition coefficient (Wildman–Crippen LogP) is 5.42. The average Bonchev–Trinajstić information content (AvgIpc) is 3.06. The molecule has 3 aromatic carbocycles. The molecule has 0 bridgehead atoms. The molecule has 0 fully saturated rings. The van der Waals surface area contributed by atoms with Gasteiger partial charge in [-0.3, -0.25) is 0 Å². The van der Waals surface area contributed by atoms with E-state index in [0.29, 0.717) is 15.0 Å². The predicted molar refractivity (Wildman–Crippen MR) is 116 cm³/mol. The van der Waals surface area contributed by atoms with Gasteiger partial charge in [-0.25, -0.2) is 0 Å². The molecular formula is C23H22N2SSe. The number of imidazole rings is 1. The molecule has 136 valence electrons. The minimum absolute atomic E-state index is 0.583. The Bertz CT molecular complexity index is 983. The molecule has 0 unspecified atom stereocenters. The molecule has 0 spiro atoms. The van der Waals surface area contributed by atoms with Gasteiger partial charge in [0.1, 0.15) is 0 Å². The minimum atomic E-state index is 0.583. The van der Waals surface area contributed by atoms with Crippen molar-refractivity contribution >= 4 is 42.2 Å². The van der Waals surface area contributed by atoms with Crippen molar-refractivity contribution in [1.82, 2.24) is 9.55 Å². The van der Waals surface area contributed by atoms with Gasteiger partial charge in [-0.15, -0.1) is 0 Å². The Kier molecular flexibility index (Phi) is 6.31. The SMILES string of the molecule is c1ccc(Sc2nc3ccccc3n2CCCC[Se]c2ccccc2)cc1. The van der Waals surface area contributed by atoms with Crippen LogP contribution in [-0.2, 0) is 6.54 Å². The second kappa shape index (κ2) is 9.27. The standard InChI is InChI=1S/C23H22N2SSe/c1-3-11-19(12-4-1)26-23-24-21-15-7-8-16-22(21)25(23)17-9-10-18-27-20-13-5-2-6-14-20/h1-8,11-16H,9-10,17-18H2. The van der Waals surface area contributed by atoms with Crippen molar-refractivity contribution in [3.05, 3.63) is 84.9 Å². The van der Waals surface area contributed by atoms with Gasteiger partial charge in [0.2, 0.25) is 0 Å². The van der Waals surface area contributed by atoms with Crippen LogP contribution in [-0.4, -0.2) is 24.5 Å². The third-order valence-electron chi connectivity index (χ3n) is 4.36. The Morgan fingerprint density at radius 1 is 0.778 bits per heavy atom. The van der Waals surface area contributed by atoms with Crippen molar-refractivity contribution in [2.75, 3.05) is 0 Å². The van der Waals surface area contributed by atoms with Crippen LogP contribution >= 0.6 is 11.8 Å². The van der Waals surface area contributed by atoms with Crippen LogP contribution in [0.15, 0.2) is 95.0 Å². The number of benzene rings is 3. The normalized spacial score (nSPS) is 11.1. The quantitative estimate of drug-likeness (QED) is 0.271. The number of para-hydroxylation sites is 2. The average molecular weight is 437 g/mol. The molecule has 0 saturated heterocycles. The summed E-state index contributed by atoms with van der Waals surface area (Å²) in [5, 5.41) is 2.39. The summed E-state index contributed by atoms with van der Waals surface area (Å²) in [5.41, 5.74) is 2.33. The van der Waals surface area contributed by atoms with Crippen LogP contribution in [0.3, 0.4) is 0 Å². The molecule has 27 heavy (non-hydrogen) atoms. The van der Waals surface area contributed by atoms with Gasteiger partial charge in [0.25, 0.3) is 0 Å². The van der Waals surface area contributed by atoms with Gasteiger partial charge < -0.3 is 0 Å². The number of unbranched alkanes of at least 4 members (excludes halogenated alkanes) is 1. The van der Waals surface area contributed by atoms with Crippen LogP contribution in [0.2, 0.25) is 5.32 Å². The molecule has 4 rings (SSSR count). The van der Waals surface area contributed by atoms with Crippen molar-refractivity contribution in [3.63, 3.8) is 0 Å². The number of nitrogens with zero attached hydrogens (tertiary/aromatic N) is 2. The van der Waals surface area contributed by atoms with Crippen molar-refractivity contribution < 1.29 is 0 Å². The molecule has 4 aromatic rings. The van der Waals surface area contributed by atoms with E-state index in [0.717, 1.165) is 17.2 Å². The van der Waals surface area contributed by atoms with E-state index in [2.05, 4.69) is 89.5 Å². The van der Waals surface area contributed by atoms with Crippen molar-refractivity contribution in [2.45, 2.75) is 34.8 Å². The van der Waals surface area contributed by atoms with Crippen LogP contribution in [0, 0.1) is 0 Å². The fraction of sp³-hybridized carbons (Fsp3) is 0.174. The number of aromatic nitrogens is 2. The van der Waals surface area contributed by atoms with Crippen molar-refractivity contribution in [1.29, 1.82) is 0 Å². The first kappa shape index (κ1) is 18.4. The zero-order chi connectivity index (χ0) is 18.3. The second-order valence-corrected chi connectivity index (χ2v) is 9.81. The number of aryl methyl sites for hydroxylation is 1. The molecule has 1 aromatic heterocycles. The maximum absolute atomic E-state index is 4.88. The third kappa shape index (κ3) is 4.84. The molecule has 0 radical (unpaired) electrons. The summed E-state index contributed by atoms with van der Waals surface area (Å²) in [5.74, 6) is 0.